The predicted molar refractivity (Wildman–Crippen MR) is 163 cm³/mol. The molecule has 0 saturated heterocycles. The van der Waals surface area contributed by atoms with Crippen molar-refractivity contribution in [3.05, 3.63) is 62.2 Å². The number of Topliss-reactive ketones (excluding diaryl/α,β-unsaturated/α-hetero) is 2. The van der Waals surface area contributed by atoms with Gasteiger partial charge in [0.05, 0.1) is 17.3 Å². The average Bonchev–Trinajstić information content (AvgIpc) is 3.51. The van der Waals surface area contributed by atoms with Crippen LogP contribution in [-0.4, -0.2) is 101 Å². The van der Waals surface area contributed by atoms with E-state index in [1.807, 2.05) is 0 Å². The van der Waals surface area contributed by atoms with Crippen LogP contribution >= 0.6 is 11.3 Å². The van der Waals surface area contributed by atoms with E-state index in [9.17, 15) is 44.4 Å². The highest BCUT2D eigenvalue weighted by atomic mass is 32.1. The Morgan fingerprint density at radius 2 is 1.83 bits per heavy atom. The number of primary amides is 1. The molecule has 4 atom stereocenters. The molecule has 0 aliphatic heterocycles. The predicted octanol–water partition coefficient (Wildman–Crippen LogP) is 1.61. The molecule has 7 N–H and O–H groups in total. The molecule has 0 radical (unpaired) electrons. The first-order chi connectivity index (χ1) is 21.6. The van der Waals surface area contributed by atoms with Crippen molar-refractivity contribution in [3.63, 3.8) is 0 Å². The normalized spacial score (nSPS) is 23.8. The highest BCUT2D eigenvalue weighted by Crippen LogP contribution is 2.53. The average molecular weight is 657 g/mol. The lowest BCUT2D eigenvalue weighted by Gasteiger charge is -2.50. The quantitative estimate of drug-likeness (QED) is 0.108. The number of carbonyl (C=O) groups excluding carboxylic acids is 5. The molecule has 0 unspecified atom stereocenters. The van der Waals surface area contributed by atoms with Gasteiger partial charge in [0, 0.05) is 31.3 Å². The van der Waals surface area contributed by atoms with Crippen LogP contribution in [0.25, 0.3) is 0 Å². The SMILES string of the molecule is CN(C)c1cc(NC(=O)OCOC(=O)c2cccs2)c(O)c2c1C[C@H]1C[C@H]3[C@H](N(C)C)C(O)=C(C(N)=O)C(=O)[C@@]3(O)C(O)=C1C2=O. The van der Waals surface area contributed by atoms with E-state index in [4.69, 9.17) is 15.2 Å². The Bertz CT molecular complexity index is 1730. The Kier molecular flexibility index (Phi) is 8.31. The van der Waals surface area contributed by atoms with Crippen molar-refractivity contribution < 1.29 is 53.9 Å². The van der Waals surface area contributed by atoms with Gasteiger partial charge in [-0.25, -0.2) is 9.59 Å². The van der Waals surface area contributed by atoms with Crippen LogP contribution in [0.4, 0.5) is 16.2 Å². The summed E-state index contributed by atoms with van der Waals surface area (Å²) in [6.07, 6.45) is -1.14. The van der Waals surface area contributed by atoms with Gasteiger partial charge in [-0.05, 0) is 55.9 Å². The third-order valence-corrected chi connectivity index (χ3v) is 9.37. The Labute approximate surface area is 266 Å². The summed E-state index contributed by atoms with van der Waals surface area (Å²) in [4.78, 5) is 67.7. The number of carbonyl (C=O) groups is 5. The van der Waals surface area contributed by atoms with Gasteiger partial charge in [-0.1, -0.05) is 6.07 Å². The molecule has 0 saturated carbocycles. The number of benzene rings is 1. The number of fused-ring (bicyclic) bond motifs is 3. The number of aromatic hydroxyl groups is 1. The van der Waals surface area contributed by atoms with Crippen molar-refractivity contribution in [1.29, 1.82) is 0 Å². The Morgan fingerprint density at radius 3 is 2.41 bits per heavy atom. The number of phenols is 1. The van der Waals surface area contributed by atoms with E-state index in [2.05, 4.69) is 5.32 Å². The molecule has 1 heterocycles. The molecule has 5 rings (SSSR count). The summed E-state index contributed by atoms with van der Waals surface area (Å²) in [6.45, 7) is -0.741. The van der Waals surface area contributed by atoms with E-state index in [1.165, 1.54) is 17.0 Å². The van der Waals surface area contributed by atoms with Crippen molar-refractivity contribution in [3.8, 4) is 5.75 Å². The van der Waals surface area contributed by atoms with Gasteiger partial charge < -0.3 is 40.5 Å². The third-order valence-electron chi connectivity index (χ3n) is 8.52. The van der Waals surface area contributed by atoms with Gasteiger partial charge in [-0.2, -0.15) is 0 Å². The van der Waals surface area contributed by atoms with E-state index in [0.29, 0.717) is 16.1 Å². The van der Waals surface area contributed by atoms with Gasteiger partial charge in [0.25, 0.3) is 5.91 Å². The van der Waals surface area contributed by atoms with Crippen molar-refractivity contribution in [2.75, 3.05) is 45.2 Å². The molecule has 3 aliphatic rings. The summed E-state index contributed by atoms with van der Waals surface area (Å²) in [5.74, 6) is -8.59. The number of esters is 1. The zero-order valence-corrected chi connectivity index (χ0v) is 26.0. The molecule has 1 aromatic carbocycles. The van der Waals surface area contributed by atoms with E-state index in [0.717, 1.165) is 11.3 Å². The number of allylic oxidation sites excluding steroid dienone is 1. The van der Waals surface area contributed by atoms with Crippen LogP contribution < -0.4 is 16.0 Å². The number of rotatable bonds is 7. The standard InChI is InChI=1S/C30H32N4O11S/c1-33(2)16-10-15(32-29(42)45-11-44-28(41)17-6-5-7-46-17)22(35)19-13(16)8-12-9-14-21(34(3)4)24(37)20(27(31)40)26(39)30(14,43)25(38)18(12)23(19)36/h5-7,10,12,14,21,35,37-38,43H,8-9,11H2,1-4H3,(H2,31,40)(H,32,42)/t12-,14-,21-,30-/m0/s1. The van der Waals surface area contributed by atoms with Crippen molar-refractivity contribution >= 4 is 52.2 Å². The lowest BCUT2D eigenvalue weighted by atomic mass is 9.58. The molecule has 0 fully saturated rings. The van der Waals surface area contributed by atoms with E-state index in [-0.39, 0.29) is 29.7 Å². The summed E-state index contributed by atoms with van der Waals surface area (Å²) < 4.78 is 9.82. The van der Waals surface area contributed by atoms with Crippen LogP contribution in [0.2, 0.25) is 0 Å². The minimum absolute atomic E-state index is 0.0546. The van der Waals surface area contributed by atoms with E-state index >= 15 is 0 Å². The van der Waals surface area contributed by atoms with Crippen molar-refractivity contribution in [1.82, 2.24) is 4.90 Å². The number of ketones is 2. The first-order valence-corrected chi connectivity index (χ1v) is 14.8. The minimum atomic E-state index is -2.79. The number of phenolic OH excluding ortho intramolecular Hbond substituents is 1. The van der Waals surface area contributed by atoms with Crippen LogP contribution in [-0.2, 0) is 25.5 Å². The highest BCUT2D eigenvalue weighted by molar-refractivity contribution is 7.11. The second-order valence-corrected chi connectivity index (χ2v) is 12.5. The maximum atomic E-state index is 14.1. The number of hydrogen-bond donors (Lipinski definition) is 6. The summed E-state index contributed by atoms with van der Waals surface area (Å²) in [7, 11) is 6.43. The number of nitrogens with two attached hydrogens (primary N) is 1. The number of nitrogens with zero attached hydrogens (tertiary/aromatic N) is 2. The van der Waals surface area contributed by atoms with Crippen LogP contribution in [0.3, 0.4) is 0 Å². The molecule has 16 heteroatoms. The molecule has 0 bridgehead atoms. The van der Waals surface area contributed by atoms with Crippen molar-refractivity contribution in [2.45, 2.75) is 24.5 Å². The largest absolute Gasteiger partial charge is 0.510 e. The second-order valence-electron chi connectivity index (χ2n) is 11.6. The molecule has 244 valence electrons. The van der Waals surface area contributed by atoms with Crippen molar-refractivity contribution in [2.24, 2.45) is 17.6 Å². The molecular weight excluding hydrogens is 624 g/mol. The summed E-state index contributed by atoms with van der Waals surface area (Å²) >= 11 is 1.14. The number of hydrogen-bond acceptors (Lipinski definition) is 14. The molecule has 3 aliphatic carbocycles. The maximum absolute atomic E-state index is 14.1. The van der Waals surface area contributed by atoms with Gasteiger partial charge in [-0.3, -0.25) is 24.6 Å². The lowest BCUT2D eigenvalue weighted by Crippen LogP contribution is -2.63. The molecule has 46 heavy (non-hydrogen) atoms. The topological polar surface area (TPSA) is 229 Å². The molecule has 0 spiro atoms. The fourth-order valence-corrected chi connectivity index (χ4v) is 7.16. The number of anilines is 2. The zero-order chi connectivity index (χ0) is 33.8. The number of thiophene rings is 1. The van der Waals surface area contributed by atoms with Crippen LogP contribution in [0.1, 0.15) is 32.0 Å². The molecule has 2 amide bonds. The first-order valence-electron chi connectivity index (χ1n) is 14.0. The van der Waals surface area contributed by atoms with Crippen LogP contribution in [0.5, 0.6) is 5.75 Å². The monoisotopic (exact) mass is 656 g/mol. The molecule has 15 nitrogen and oxygen atoms in total. The van der Waals surface area contributed by atoms with Gasteiger partial charge in [0.2, 0.25) is 12.6 Å². The Morgan fingerprint density at radius 1 is 1.13 bits per heavy atom. The highest BCUT2D eigenvalue weighted by Gasteiger charge is 2.63. The van der Waals surface area contributed by atoms with Gasteiger partial charge in [-0.15, -0.1) is 11.3 Å². The fraction of sp³-hybridized carbons (Fsp3) is 0.367. The Balaban J connectivity index is 1.52. The van der Waals surface area contributed by atoms with Crippen LogP contribution in [0.15, 0.2) is 46.2 Å². The second kappa shape index (κ2) is 11.8. The number of aliphatic hydroxyl groups excluding tert-OH is 2. The zero-order valence-electron chi connectivity index (χ0n) is 25.2. The maximum Gasteiger partial charge on any atom is 0.414 e. The number of nitrogens with one attached hydrogen (secondary N) is 1. The van der Waals surface area contributed by atoms with Gasteiger partial charge in [0.15, 0.2) is 17.1 Å². The summed E-state index contributed by atoms with van der Waals surface area (Å²) in [5, 5.41) is 49.4. The molecule has 2 aromatic rings. The first kappa shape index (κ1) is 32.5. The summed E-state index contributed by atoms with van der Waals surface area (Å²) in [6, 6.07) is 3.47. The van der Waals surface area contributed by atoms with E-state index in [1.54, 1.807) is 44.5 Å². The van der Waals surface area contributed by atoms with Gasteiger partial charge >= 0.3 is 12.1 Å². The summed E-state index contributed by atoms with van der Waals surface area (Å²) in [5.41, 5.74) is 1.57. The number of ether oxygens (including phenoxy) is 2. The molecule has 1 aromatic heterocycles. The van der Waals surface area contributed by atoms with E-state index < -0.39 is 82.6 Å². The van der Waals surface area contributed by atoms with Gasteiger partial charge in [0.1, 0.15) is 22.0 Å². The minimum Gasteiger partial charge on any atom is -0.510 e. The number of amides is 2. The molecular formula is C30H32N4O11S. The number of aliphatic hydroxyl groups is 3. The van der Waals surface area contributed by atoms with Crippen LogP contribution in [0, 0.1) is 11.8 Å². The lowest BCUT2D eigenvalue weighted by molar-refractivity contribution is -0.148. The smallest absolute Gasteiger partial charge is 0.414 e. The number of likely N-dealkylation sites (N-methyl/N-ethyl adjacent to an activating group) is 1. The third kappa shape index (κ3) is 5.03. The Hall–Kier alpha value is -4.93. The fourth-order valence-electron chi connectivity index (χ4n) is 6.54.